The maximum atomic E-state index is 13.3. The molecule has 0 spiro atoms. The summed E-state index contributed by atoms with van der Waals surface area (Å²) in [5.41, 5.74) is 2.11. The molecule has 4 N–H and O–H groups in total. The van der Waals surface area contributed by atoms with Crippen LogP contribution in [0.2, 0.25) is 0 Å². The molecule has 1 saturated carbocycles. The summed E-state index contributed by atoms with van der Waals surface area (Å²) in [6.07, 6.45) is 2.13. The number of benzene rings is 1. The Bertz CT molecular complexity index is 1080. The van der Waals surface area contributed by atoms with Gasteiger partial charge in [0, 0.05) is 53.3 Å². The summed E-state index contributed by atoms with van der Waals surface area (Å²) in [7, 11) is 1.29. The van der Waals surface area contributed by atoms with E-state index in [1.54, 1.807) is 24.4 Å². The van der Waals surface area contributed by atoms with Crippen LogP contribution in [-0.4, -0.2) is 40.2 Å². The van der Waals surface area contributed by atoms with E-state index in [-0.39, 0.29) is 24.6 Å². The Hall–Kier alpha value is -3.43. The number of hydrogen-bond acceptors (Lipinski definition) is 4. The van der Waals surface area contributed by atoms with Crippen LogP contribution in [0.15, 0.2) is 30.5 Å². The largest absolute Gasteiger partial charge is 0.465 e. The Morgan fingerprint density at radius 1 is 1.20 bits per heavy atom. The molecular formula is C20H21F2N5O3. The normalized spacial score (nSPS) is 16.4. The molecule has 0 bridgehead atoms. The number of carbonyl (C=O) groups is 2. The van der Waals surface area contributed by atoms with Crippen molar-refractivity contribution >= 4 is 34.4 Å². The lowest BCUT2D eigenvalue weighted by atomic mass is 9.85. The highest BCUT2D eigenvalue weighted by Gasteiger charge is 2.35. The Labute approximate surface area is 170 Å². The number of aromatic amines is 2. The van der Waals surface area contributed by atoms with Crippen LogP contribution in [0.3, 0.4) is 0 Å². The van der Waals surface area contributed by atoms with Crippen molar-refractivity contribution in [1.29, 1.82) is 0 Å². The van der Waals surface area contributed by atoms with Crippen molar-refractivity contribution in [3.8, 4) is 0 Å². The average Bonchev–Trinajstić information content (AvgIpc) is 3.36. The fraction of sp³-hybridized carbons (Fsp3) is 0.350. The molecule has 10 heteroatoms. The van der Waals surface area contributed by atoms with Crippen LogP contribution in [0.25, 0.3) is 10.9 Å². The van der Waals surface area contributed by atoms with Crippen molar-refractivity contribution in [2.45, 2.75) is 37.5 Å². The van der Waals surface area contributed by atoms with E-state index in [4.69, 9.17) is 4.74 Å². The SMILES string of the molecule is COC(=O)c1cc(NC(=O)Nc2cc(C3CCC(F)(F)CC3)[nH]n2)cc2[nH]ccc12. The summed E-state index contributed by atoms with van der Waals surface area (Å²) >= 11 is 0. The molecule has 0 unspecified atom stereocenters. The number of rotatable bonds is 4. The third-order valence-corrected chi connectivity index (χ3v) is 5.33. The Balaban J connectivity index is 1.43. The second-order valence-corrected chi connectivity index (χ2v) is 7.37. The number of alkyl halides is 2. The zero-order valence-electron chi connectivity index (χ0n) is 16.2. The van der Waals surface area contributed by atoms with Gasteiger partial charge in [-0.3, -0.25) is 10.4 Å². The van der Waals surface area contributed by atoms with Gasteiger partial charge in [0.1, 0.15) is 0 Å². The first-order valence-corrected chi connectivity index (χ1v) is 9.55. The van der Waals surface area contributed by atoms with Gasteiger partial charge in [-0.2, -0.15) is 5.10 Å². The Morgan fingerprint density at radius 2 is 1.97 bits per heavy atom. The first-order valence-electron chi connectivity index (χ1n) is 9.55. The first kappa shape index (κ1) is 19.9. The number of amides is 2. The van der Waals surface area contributed by atoms with E-state index in [1.165, 1.54) is 13.2 Å². The molecule has 1 aliphatic rings. The number of hydrogen-bond donors (Lipinski definition) is 4. The summed E-state index contributed by atoms with van der Waals surface area (Å²) in [5, 5.41) is 12.8. The lowest BCUT2D eigenvalue weighted by molar-refractivity contribution is -0.0384. The van der Waals surface area contributed by atoms with Gasteiger partial charge < -0.3 is 15.0 Å². The van der Waals surface area contributed by atoms with Gasteiger partial charge in [-0.15, -0.1) is 0 Å². The molecule has 1 aromatic carbocycles. The van der Waals surface area contributed by atoms with Crippen molar-refractivity contribution in [2.75, 3.05) is 17.7 Å². The molecular weight excluding hydrogens is 396 g/mol. The highest BCUT2D eigenvalue weighted by Crippen LogP contribution is 2.40. The molecule has 4 rings (SSSR count). The van der Waals surface area contributed by atoms with E-state index in [1.807, 2.05) is 0 Å². The van der Waals surface area contributed by atoms with Crippen molar-refractivity contribution in [3.05, 3.63) is 41.7 Å². The number of nitrogens with zero attached hydrogens (tertiary/aromatic N) is 1. The van der Waals surface area contributed by atoms with E-state index in [2.05, 4.69) is 25.8 Å². The Morgan fingerprint density at radius 3 is 2.70 bits per heavy atom. The third-order valence-electron chi connectivity index (χ3n) is 5.33. The molecule has 1 fully saturated rings. The third kappa shape index (κ3) is 4.12. The molecule has 30 heavy (non-hydrogen) atoms. The van der Waals surface area contributed by atoms with Gasteiger partial charge in [0.15, 0.2) is 5.82 Å². The number of ether oxygens (including phenoxy) is 1. The number of fused-ring (bicyclic) bond motifs is 1. The van der Waals surface area contributed by atoms with E-state index in [0.717, 1.165) is 5.69 Å². The molecule has 1 aliphatic carbocycles. The van der Waals surface area contributed by atoms with E-state index in [9.17, 15) is 18.4 Å². The zero-order chi connectivity index (χ0) is 21.3. The average molecular weight is 417 g/mol. The highest BCUT2D eigenvalue weighted by atomic mass is 19.3. The molecule has 0 atom stereocenters. The fourth-order valence-electron chi connectivity index (χ4n) is 3.76. The van der Waals surface area contributed by atoms with Gasteiger partial charge in [0.05, 0.1) is 12.7 Å². The summed E-state index contributed by atoms with van der Waals surface area (Å²) in [6, 6.07) is 6.07. The number of halogens is 2. The van der Waals surface area contributed by atoms with Crippen LogP contribution < -0.4 is 10.6 Å². The molecule has 8 nitrogen and oxygen atoms in total. The first-order chi connectivity index (χ1) is 14.3. The summed E-state index contributed by atoms with van der Waals surface area (Å²) in [6.45, 7) is 0. The highest BCUT2D eigenvalue weighted by molar-refractivity contribution is 6.07. The topological polar surface area (TPSA) is 112 Å². The molecule has 0 aliphatic heterocycles. The number of anilines is 2. The van der Waals surface area contributed by atoms with Crippen molar-refractivity contribution in [2.24, 2.45) is 0 Å². The number of aromatic nitrogens is 3. The van der Waals surface area contributed by atoms with Gasteiger partial charge in [0.2, 0.25) is 5.92 Å². The molecule has 158 valence electrons. The number of carbonyl (C=O) groups excluding carboxylic acids is 2. The van der Waals surface area contributed by atoms with Crippen LogP contribution in [0, 0.1) is 0 Å². The van der Waals surface area contributed by atoms with Gasteiger partial charge in [-0.1, -0.05) is 0 Å². The predicted octanol–water partition coefficient (Wildman–Crippen LogP) is 4.61. The fourth-order valence-corrected chi connectivity index (χ4v) is 3.76. The van der Waals surface area contributed by atoms with E-state index < -0.39 is 17.9 Å². The van der Waals surface area contributed by atoms with Crippen molar-refractivity contribution in [3.63, 3.8) is 0 Å². The monoisotopic (exact) mass is 417 g/mol. The number of esters is 1. The molecule has 2 heterocycles. The molecule has 0 saturated heterocycles. The van der Waals surface area contributed by atoms with Gasteiger partial charge in [-0.05, 0) is 31.0 Å². The maximum Gasteiger partial charge on any atom is 0.338 e. The van der Waals surface area contributed by atoms with Crippen LogP contribution in [0.5, 0.6) is 0 Å². The minimum absolute atomic E-state index is 0.0337. The lowest BCUT2D eigenvalue weighted by Gasteiger charge is -2.27. The van der Waals surface area contributed by atoms with E-state index >= 15 is 0 Å². The molecule has 3 aromatic rings. The lowest BCUT2D eigenvalue weighted by Crippen LogP contribution is -2.23. The molecule has 2 aromatic heterocycles. The van der Waals surface area contributed by atoms with Gasteiger partial charge in [0.25, 0.3) is 0 Å². The quantitative estimate of drug-likeness (QED) is 0.464. The van der Waals surface area contributed by atoms with Crippen LogP contribution >= 0.6 is 0 Å². The smallest absolute Gasteiger partial charge is 0.338 e. The van der Waals surface area contributed by atoms with Crippen molar-refractivity contribution < 1.29 is 23.1 Å². The second kappa shape index (κ2) is 7.77. The number of methoxy groups -OCH3 is 1. The van der Waals surface area contributed by atoms with Crippen LogP contribution in [0.1, 0.15) is 47.7 Å². The number of urea groups is 1. The van der Waals surface area contributed by atoms with Crippen LogP contribution in [0.4, 0.5) is 25.1 Å². The van der Waals surface area contributed by atoms with Crippen molar-refractivity contribution in [1.82, 2.24) is 15.2 Å². The standard InChI is InChI=1S/C20H21F2N5O3/c1-30-18(28)14-8-12(9-16-13(14)4-7-23-16)24-19(29)25-17-10-15(26-27-17)11-2-5-20(21,22)6-3-11/h4,7-11,23H,2-3,5-6H2,1H3,(H3,24,25,26,27,29). The number of H-pyrrole nitrogens is 2. The predicted molar refractivity (Wildman–Crippen MR) is 107 cm³/mol. The zero-order valence-corrected chi connectivity index (χ0v) is 16.2. The van der Waals surface area contributed by atoms with Gasteiger partial charge >= 0.3 is 12.0 Å². The minimum Gasteiger partial charge on any atom is -0.465 e. The summed E-state index contributed by atoms with van der Waals surface area (Å²) in [4.78, 5) is 27.4. The van der Waals surface area contributed by atoms with Gasteiger partial charge in [-0.25, -0.2) is 18.4 Å². The van der Waals surface area contributed by atoms with E-state index in [0.29, 0.717) is 35.0 Å². The number of nitrogens with one attached hydrogen (secondary N) is 4. The second-order valence-electron chi connectivity index (χ2n) is 7.37. The summed E-state index contributed by atoms with van der Waals surface area (Å²) < 4.78 is 31.5. The molecule has 2 amide bonds. The Kier molecular flexibility index (Phi) is 5.15. The summed E-state index contributed by atoms with van der Waals surface area (Å²) in [5.74, 6) is -2.86. The van der Waals surface area contributed by atoms with Crippen LogP contribution in [-0.2, 0) is 4.74 Å². The maximum absolute atomic E-state index is 13.3. The molecule has 0 radical (unpaired) electrons. The minimum atomic E-state index is -2.60.